The zero-order valence-electron chi connectivity index (χ0n) is 16.5. The lowest BCUT2D eigenvalue weighted by Crippen LogP contribution is -2.54. The van der Waals surface area contributed by atoms with Gasteiger partial charge in [0, 0.05) is 26.2 Å². The van der Waals surface area contributed by atoms with Gasteiger partial charge in [-0.1, -0.05) is 0 Å². The van der Waals surface area contributed by atoms with Crippen molar-refractivity contribution < 1.29 is 23.8 Å². The Balaban J connectivity index is 1.77. The van der Waals surface area contributed by atoms with Gasteiger partial charge in [0.05, 0.1) is 27.4 Å². The van der Waals surface area contributed by atoms with Crippen molar-refractivity contribution >= 4 is 11.8 Å². The summed E-state index contributed by atoms with van der Waals surface area (Å²) in [7, 11) is 3.21. The highest BCUT2D eigenvalue weighted by Gasteiger charge is 2.42. The van der Waals surface area contributed by atoms with Gasteiger partial charge in [0.15, 0.2) is 11.5 Å². The maximum Gasteiger partial charge on any atom is 0.238 e. The van der Waals surface area contributed by atoms with Gasteiger partial charge in [-0.05, 0) is 43.5 Å². The molecule has 0 saturated carbocycles. The van der Waals surface area contributed by atoms with E-state index in [0.717, 1.165) is 17.5 Å². The smallest absolute Gasteiger partial charge is 0.238 e. The molecule has 148 valence electrons. The summed E-state index contributed by atoms with van der Waals surface area (Å²) in [5, 5.41) is 0. The molecule has 0 N–H and O–H groups in total. The Morgan fingerprint density at radius 1 is 0.926 bits per heavy atom. The van der Waals surface area contributed by atoms with Crippen LogP contribution in [0.25, 0.3) is 0 Å². The van der Waals surface area contributed by atoms with Crippen LogP contribution in [0.5, 0.6) is 11.5 Å². The van der Waals surface area contributed by atoms with Gasteiger partial charge in [-0.15, -0.1) is 0 Å². The number of ether oxygens (including phenoxy) is 3. The molecular weight excluding hydrogens is 348 g/mol. The first kappa shape index (κ1) is 19.5. The molecule has 7 heteroatoms. The minimum Gasteiger partial charge on any atom is -0.493 e. The van der Waals surface area contributed by atoms with Crippen LogP contribution in [0.15, 0.2) is 12.1 Å². The quantitative estimate of drug-likeness (QED) is 0.745. The molecule has 27 heavy (non-hydrogen) atoms. The molecule has 2 aliphatic rings. The summed E-state index contributed by atoms with van der Waals surface area (Å²) < 4.78 is 16.1. The van der Waals surface area contributed by atoms with Crippen LogP contribution in [0.3, 0.4) is 0 Å². The summed E-state index contributed by atoms with van der Waals surface area (Å²) in [6.07, 6.45) is 0.725. The van der Waals surface area contributed by atoms with Crippen molar-refractivity contribution in [2.24, 2.45) is 5.41 Å². The van der Waals surface area contributed by atoms with E-state index in [-0.39, 0.29) is 11.8 Å². The number of methoxy groups -OCH3 is 2. The normalized spacial score (nSPS) is 17.3. The molecule has 0 aromatic heterocycles. The molecule has 3 rings (SSSR count). The van der Waals surface area contributed by atoms with Crippen LogP contribution in [0.1, 0.15) is 25.0 Å². The Morgan fingerprint density at radius 3 is 2.07 bits per heavy atom. The molecule has 0 unspecified atom stereocenters. The van der Waals surface area contributed by atoms with E-state index in [9.17, 15) is 9.59 Å². The molecule has 2 heterocycles. The second kappa shape index (κ2) is 7.76. The number of amides is 2. The van der Waals surface area contributed by atoms with Crippen molar-refractivity contribution in [1.29, 1.82) is 0 Å². The minimum absolute atomic E-state index is 0.131. The van der Waals surface area contributed by atoms with Gasteiger partial charge in [-0.3, -0.25) is 9.59 Å². The topological polar surface area (TPSA) is 68.3 Å². The maximum atomic E-state index is 13.2. The number of hydrogen-bond donors (Lipinski definition) is 0. The molecular formula is C20H28N2O5. The molecule has 0 atom stereocenters. The Morgan fingerprint density at radius 2 is 1.48 bits per heavy atom. The van der Waals surface area contributed by atoms with E-state index < -0.39 is 5.41 Å². The largest absolute Gasteiger partial charge is 0.493 e. The van der Waals surface area contributed by atoms with Gasteiger partial charge < -0.3 is 24.0 Å². The van der Waals surface area contributed by atoms with Gasteiger partial charge in [0.1, 0.15) is 5.41 Å². The predicted molar refractivity (Wildman–Crippen MR) is 99.8 cm³/mol. The number of nitrogens with zero attached hydrogens (tertiary/aromatic N) is 2. The fourth-order valence-corrected chi connectivity index (χ4v) is 3.71. The van der Waals surface area contributed by atoms with Crippen LogP contribution in [-0.4, -0.2) is 68.7 Å². The molecule has 0 bridgehead atoms. The Labute approximate surface area is 160 Å². The fraction of sp³-hybridized carbons (Fsp3) is 0.600. The van der Waals surface area contributed by atoms with E-state index in [1.54, 1.807) is 37.9 Å². The van der Waals surface area contributed by atoms with Crippen LogP contribution < -0.4 is 9.47 Å². The van der Waals surface area contributed by atoms with Crippen molar-refractivity contribution in [3.8, 4) is 11.5 Å². The zero-order chi connectivity index (χ0) is 19.6. The number of rotatable bonds is 4. The van der Waals surface area contributed by atoms with E-state index in [2.05, 4.69) is 0 Å². The lowest BCUT2D eigenvalue weighted by molar-refractivity contribution is -0.157. The molecule has 2 aliphatic heterocycles. The molecule has 2 amide bonds. The van der Waals surface area contributed by atoms with Crippen LogP contribution in [0.2, 0.25) is 0 Å². The first-order valence-corrected chi connectivity index (χ1v) is 9.28. The van der Waals surface area contributed by atoms with Crippen molar-refractivity contribution in [3.05, 3.63) is 23.3 Å². The standard InChI is InChI=1S/C20H28N2O5/c1-20(2,18(23)21-7-9-27-10-8-21)19(24)22-6-5-14-11-16(25-3)17(26-4)12-15(14)13-22/h11-12H,5-10,13H2,1-4H3. The van der Waals surface area contributed by atoms with E-state index in [1.807, 2.05) is 12.1 Å². The van der Waals surface area contributed by atoms with Gasteiger partial charge in [0.25, 0.3) is 0 Å². The molecule has 0 spiro atoms. The van der Waals surface area contributed by atoms with E-state index in [1.165, 1.54) is 0 Å². The molecule has 1 saturated heterocycles. The van der Waals surface area contributed by atoms with Crippen LogP contribution in [0, 0.1) is 5.41 Å². The number of fused-ring (bicyclic) bond motifs is 1. The third-order valence-electron chi connectivity index (χ3n) is 5.37. The molecule has 0 radical (unpaired) electrons. The Kier molecular flexibility index (Phi) is 5.60. The summed E-state index contributed by atoms with van der Waals surface area (Å²) in [5.74, 6) is 1.07. The summed E-state index contributed by atoms with van der Waals surface area (Å²) in [5.41, 5.74) is 1.08. The average Bonchev–Trinajstić information content (AvgIpc) is 2.71. The highest BCUT2D eigenvalue weighted by atomic mass is 16.5. The molecule has 1 aromatic carbocycles. The first-order chi connectivity index (χ1) is 12.9. The fourth-order valence-electron chi connectivity index (χ4n) is 3.71. The highest BCUT2D eigenvalue weighted by molar-refractivity contribution is 6.04. The number of hydrogen-bond acceptors (Lipinski definition) is 5. The molecule has 0 aliphatic carbocycles. The SMILES string of the molecule is COc1cc2c(cc1OC)CN(C(=O)C(C)(C)C(=O)N1CCOCC1)CC2. The molecule has 1 fully saturated rings. The van der Waals surface area contributed by atoms with E-state index in [0.29, 0.717) is 50.9 Å². The summed E-state index contributed by atoms with van der Waals surface area (Å²) in [4.78, 5) is 29.6. The van der Waals surface area contributed by atoms with Gasteiger partial charge in [-0.2, -0.15) is 0 Å². The summed E-state index contributed by atoms with van der Waals surface area (Å²) >= 11 is 0. The maximum absolute atomic E-state index is 13.2. The third kappa shape index (κ3) is 3.74. The van der Waals surface area contributed by atoms with Crippen molar-refractivity contribution in [2.45, 2.75) is 26.8 Å². The van der Waals surface area contributed by atoms with Gasteiger partial charge >= 0.3 is 0 Å². The number of carbonyl (C=O) groups is 2. The van der Waals surface area contributed by atoms with Crippen molar-refractivity contribution in [2.75, 3.05) is 47.1 Å². The average molecular weight is 376 g/mol. The van der Waals surface area contributed by atoms with Crippen molar-refractivity contribution in [1.82, 2.24) is 9.80 Å². The second-order valence-corrected chi connectivity index (χ2v) is 7.48. The van der Waals surface area contributed by atoms with Crippen molar-refractivity contribution in [3.63, 3.8) is 0 Å². The third-order valence-corrected chi connectivity index (χ3v) is 5.37. The predicted octanol–water partition coefficient (Wildman–Crippen LogP) is 1.47. The summed E-state index contributed by atoms with van der Waals surface area (Å²) in [6, 6.07) is 3.89. The number of carbonyl (C=O) groups excluding carboxylic acids is 2. The van der Waals surface area contributed by atoms with Gasteiger partial charge in [0.2, 0.25) is 11.8 Å². The summed E-state index contributed by atoms with van der Waals surface area (Å²) in [6.45, 7) is 6.61. The highest BCUT2D eigenvalue weighted by Crippen LogP contribution is 2.34. The van der Waals surface area contributed by atoms with E-state index in [4.69, 9.17) is 14.2 Å². The Bertz CT molecular complexity index is 725. The van der Waals surface area contributed by atoms with Crippen LogP contribution >= 0.6 is 0 Å². The molecule has 1 aromatic rings. The van der Waals surface area contributed by atoms with Crippen LogP contribution in [-0.2, 0) is 27.3 Å². The minimum atomic E-state index is -1.09. The van der Waals surface area contributed by atoms with E-state index >= 15 is 0 Å². The lowest BCUT2D eigenvalue weighted by atomic mass is 9.87. The zero-order valence-corrected chi connectivity index (χ0v) is 16.5. The van der Waals surface area contributed by atoms with Crippen LogP contribution in [0.4, 0.5) is 0 Å². The number of morpholine rings is 1. The van der Waals surface area contributed by atoms with Gasteiger partial charge in [-0.25, -0.2) is 0 Å². The Hall–Kier alpha value is -2.28. The monoisotopic (exact) mass is 376 g/mol. The second-order valence-electron chi connectivity index (χ2n) is 7.48. The lowest BCUT2D eigenvalue weighted by Gasteiger charge is -2.38. The molecule has 7 nitrogen and oxygen atoms in total. The number of benzene rings is 1. The first-order valence-electron chi connectivity index (χ1n) is 9.28.